The molecule has 0 bridgehead atoms. The summed E-state index contributed by atoms with van der Waals surface area (Å²) in [4.78, 5) is 11.1. The number of rotatable bonds is 3. The van der Waals surface area contributed by atoms with Crippen molar-refractivity contribution in [3.05, 3.63) is 11.8 Å². The van der Waals surface area contributed by atoms with Gasteiger partial charge in [0.1, 0.15) is 5.56 Å². The van der Waals surface area contributed by atoms with Gasteiger partial charge < -0.3 is 5.32 Å². The third-order valence-corrected chi connectivity index (χ3v) is 1.39. The zero-order valence-corrected chi connectivity index (χ0v) is 6.76. The molecule has 0 saturated heterocycles. The summed E-state index contributed by atoms with van der Waals surface area (Å²) in [5, 5.41) is 19.0. The van der Waals surface area contributed by atoms with Crippen LogP contribution in [0.2, 0.25) is 0 Å². The van der Waals surface area contributed by atoms with E-state index in [9.17, 15) is 9.90 Å². The zero-order valence-electron chi connectivity index (χ0n) is 6.76. The van der Waals surface area contributed by atoms with E-state index in [0.29, 0.717) is 6.54 Å². The van der Waals surface area contributed by atoms with Crippen molar-refractivity contribution in [3.63, 3.8) is 0 Å². The molecule has 1 aromatic rings. The minimum atomic E-state index is -0.511. The molecule has 65 valence electrons. The SMILES string of the molecule is CCCNC(=O)c1c[nH]nc1[O]. The monoisotopic (exact) mass is 168 g/mol. The molecule has 0 aromatic carbocycles. The number of amides is 1. The van der Waals surface area contributed by atoms with Crippen LogP contribution in [0, 0.1) is 0 Å². The third kappa shape index (κ3) is 1.75. The Morgan fingerprint density at radius 1 is 1.75 bits per heavy atom. The second kappa shape index (κ2) is 3.75. The van der Waals surface area contributed by atoms with Crippen LogP contribution >= 0.6 is 0 Å². The fourth-order valence-corrected chi connectivity index (χ4v) is 0.774. The van der Waals surface area contributed by atoms with Crippen LogP contribution in [0.25, 0.3) is 0 Å². The Hall–Kier alpha value is -1.52. The van der Waals surface area contributed by atoms with Crippen LogP contribution in [0.1, 0.15) is 23.7 Å². The number of aromatic amines is 1. The Morgan fingerprint density at radius 3 is 3.00 bits per heavy atom. The van der Waals surface area contributed by atoms with Crippen LogP contribution in [0.4, 0.5) is 0 Å². The summed E-state index contributed by atoms with van der Waals surface area (Å²) in [5.41, 5.74) is 0.0726. The van der Waals surface area contributed by atoms with E-state index in [-0.39, 0.29) is 11.5 Å². The van der Waals surface area contributed by atoms with Crippen molar-refractivity contribution in [2.24, 2.45) is 0 Å². The van der Waals surface area contributed by atoms with Crippen LogP contribution in [-0.2, 0) is 5.11 Å². The first-order chi connectivity index (χ1) is 5.75. The lowest BCUT2D eigenvalue weighted by molar-refractivity contribution is 0.0949. The van der Waals surface area contributed by atoms with Gasteiger partial charge in [-0.2, -0.15) is 0 Å². The maximum absolute atomic E-state index is 11.1. The van der Waals surface area contributed by atoms with E-state index >= 15 is 0 Å². The third-order valence-electron chi connectivity index (χ3n) is 1.39. The molecule has 1 aromatic heterocycles. The first kappa shape index (κ1) is 8.58. The molecule has 1 heterocycles. The molecule has 5 nitrogen and oxygen atoms in total. The van der Waals surface area contributed by atoms with Crippen molar-refractivity contribution in [1.82, 2.24) is 15.5 Å². The standard InChI is InChI=1S/C7H10N3O2/c1-2-3-8-6(11)5-4-9-10-7(5)12/h4H,2-3H2,1H3,(H,8,11)(H,9,10). The predicted molar refractivity (Wildman–Crippen MR) is 41.3 cm³/mol. The Balaban J connectivity index is 2.59. The van der Waals surface area contributed by atoms with Gasteiger partial charge >= 0.3 is 5.88 Å². The summed E-state index contributed by atoms with van der Waals surface area (Å²) >= 11 is 0. The van der Waals surface area contributed by atoms with Crippen molar-refractivity contribution in [2.75, 3.05) is 6.54 Å². The molecule has 0 spiro atoms. The molecule has 0 aliphatic carbocycles. The summed E-state index contributed by atoms with van der Waals surface area (Å²) < 4.78 is 0. The number of aromatic nitrogens is 2. The topological polar surface area (TPSA) is 77.7 Å². The number of carbonyl (C=O) groups is 1. The van der Waals surface area contributed by atoms with Crippen molar-refractivity contribution in [1.29, 1.82) is 0 Å². The highest BCUT2D eigenvalue weighted by atomic mass is 16.3. The van der Waals surface area contributed by atoms with Gasteiger partial charge in [-0.25, -0.2) is 0 Å². The summed E-state index contributed by atoms with van der Waals surface area (Å²) in [7, 11) is 0. The summed E-state index contributed by atoms with van der Waals surface area (Å²) in [6.45, 7) is 2.51. The first-order valence-corrected chi connectivity index (χ1v) is 3.74. The highest BCUT2D eigenvalue weighted by Gasteiger charge is 2.13. The van der Waals surface area contributed by atoms with Crippen LogP contribution in [0.5, 0.6) is 5.88 Å². The van der Waals surface area contributed by atoms with Gasteiger partial charge in [-0.1, -0.05) is 6.92 Å². The van der Waals surface area contributed by atoms with Crippen molar-refractivity contribution in [3.8, 4) is 5.88 Å². The van der Waals surface area contributed by atoms with E-state index in [2.05, 4.69) is 15.5 Å². The quantitative estimate of drug-likeness (QED) is 0.696. The zero-order chi connectivity index (χ0) is 8.97. The highest BCUT2D eigenvalue weighted by molar-refractivity contribution is 5.95. The van der Waals surface area contributed by atoms with Crippen molar-refractivity contribution >= 4 is 5.91 Å². The molecule has 1 rings (SSSR count). The molecule has 0 aliphatic heterocycles. The molecule has 2 N–H and O–H groups in total. The minimum absolute atomic E-state index is 0.0726. The predicted octanol–water partition coefficient (Wildman–Crippen LogP) is 0.693. The van der Waals surface area contributed by atoms with E-state index < -0.39 is 5.88 Å². The molecule has 0 unspecified atom stereocenters. The van der Waals surface area contributed by atoms with Gasteiger partial charge in [0.05, 0.1) is 0 Å². The maximum atomic E-state index is 11.1. The van der Waals surface area contributed by atoms with E-state index in [1.807, 2.05) is 6.92 Å². The lowest BCUT2D eigenvalue weighted by Crippen LogP contribution is -2.23. The molecule has 12 heavy (non-hydrogen) atoms. The highest BCUT2D eigenvalue weighted by Crippen LogP contribution is 2.11. The van der Waals surface area contributed by atoms with Gasteiger partial charge in [0.2, 0.25) is 0 Å². The molecule has 0 atom stereocenters. The van der Waals surface area contributed by atoms with Gasteiger partial charge in [0.25, 0.3) is 5.91 Å². The number of hydrogen-bond donors (Lipinski definition) is 2. The number of nitrogens with one attached hydrogen (secondary N) is 2. The second-order valence-electron chi connectivity index (χ2n) is 2.36. The summed E-state index contributed by atoms with van der Waals surface area (Å²) in [6.07, 6.45) is 2.14. The normalized spacial score (nSPS) is 9.75. The second-order valence-corrected chi connectivity index (χ2v) is 2.36. The largest absolute Gasteiger partial charge is 0.352 e. The van der Waals surface area contributed by atoms with Crippen LogP contribution in [0.15, 0.2) is 6.20 Å². The van der Waals surface area contributed by atoms with Gasteiger partial charge in [-0.05, 0) is 6.42 Å². The van der Waals surface area contributed by atoms with Crippen molar-refractivity contribution in [2.45, 2.75) is 13.3 Å². The summed E-state index contributed by atoms with van der Waals surface area (Å²) in [6, 6.07) is 0. The Morgan fingerprint density at radius 2 is 2.50 bits per heavy atom. The minimum Gasteiger partial charge on any atom is -0.352 e. The molecule has 0 fully saturated rings. The Labute approximate surface area is 69.8 Å². The van der Waals surface area contributed by atoms with Gasteiger partial charge in [-0.15, -0.1) is 5.10 Å². The molecule has 1 amide bonds. The van der Waals surface area contributed by atoms with E-state index in [1.54, 1.807) is 0 Å². The van der Waals surface area contributed by atoms with Crippen LogP contribution in [-0.4, -0.2) is 22.6 Å². The molecular weight excluding hydrogens is 158 g/mol. The fraction of sp³-hybridized carbons (Fsp3) is 0.429. The molecule has 5 heteroatoms. The number of hydrogen-bond acceptors (Lipinski definition) is 2. The van der Waals surface area contributed by atoms with E-state index in [0.717, 1.165) is 6.42 Å². The van der Waals surface area contributed by atoms with E-state index in [4.69, 9.17) is 0 Å². The maximum Gasteiger partial charge on any atom is 0.300 e. The van der Waals surface area contributed by atoms with Gasteiger partial charge in [0.15, 0.2) is 0 Å². The smallest absolute Gasteiger partial charge is 0.300 e. The number of carbonyl (C=O) groups excluding carboxylic acids is 1. The van der Waals surface area contributed by atoms with Crippen molar-refractivity contribution < 1.29 is 9.90 Å². The Kier molecular flexibility index (Phi) is 2.68. The average molecular weight is 168 g/mol. The van der Waals surface area contributed by atoms with Gasteiger partial charge in [0, 0.05) is 12.7 Å². The van der Waals surface area contributed by atoms with Crippen LogP contribution < -0.4 is 5.32 Å². The molecule has 0 aliphatic rings. The lowest BCUT2D eigenvalue weighted by Gasteiger charge is -1.98. The first-order valence-electron chi connectivity index (χ1n) is 3.74. The van der Waals surface area contributed by atoms with E-state index in [1.165, 1.54) is 6.20 Å². The molecule has 1 radical (unpaired) electrons. The molecule has 0 saturated carbocycles. The number of nitrogens with zero attached hydrogens (tertiary/aromatic N) is 1. The van der Waals surface area contributed by atoms with Gasteiger partial charge in [-0.3, -0.25) is 15.0 Å². The lowest BCUT2D eigenvalue weighted by atomic mass is 10.3. The Bertz CT molecular complexity index is 269. The number of H-pyrrole nitrogens is 1. The van der Waals surface area contributed by atoms with Crippen LogP contribution in [0.3, 0.4) is 0 Å². The average Bonchev–Trinajstić information content (AvgIpc) is 2.47. The summed E-state index contributed by atoms with van der Waals surface area (Å²) in [5.74, 6) is -0.876. The molecular formula is C7H10N3O2. The fourth-order valence-electron chi connectivity index (χ4n) is 0.774.